The van der Waals surface area contributed by atoms with Gasteiger partial charge in [-0.15, -0.1) is 0 Å². The molecule has 0 spiro atoms. The van der Waals surface area contributed by atoms with E-state index in [4.69, 9.17) is 29.2 Å². The van der Waals surface area contributed by atoms with Crippen molar-refractivity contribution in [2.75, 3.05) is 35.2 Å². The van der Waals surface area contributed by atoms with Gasteiger partial charge < -0.3 is 33.9 Å². The summed E-state index contributed by atoms with van der Waals surface area (Å²) in [6.45, 7) is 0.116. The monoisotopic (exact) mass is 737 g/mol. The molecule has 0 aliphatic rings. The van der Waals surface area contributed by atoms with E-state index in [9.17, 15) is 21.6 Å². The number of carboxylic acid groups (broad SMARTS) is 1. The van der Waals surface area contributed by atoms with Crippen LogP contribution in [-0.4, -0.2) is 68.4 Å². The van der Waals surface area contributed by atoms with Crippen LogP contribution in [0.3, 0.4) is 0 Å². The normalized spacial score (nSPS) is 10.4. The molecule has 0 aliphatic carbocycles. The van der Waals surface area contributed by atoms with Gasteiger partial charge in [0.1, 0.15) is 23.0 Å². The van der Waals surface area contributed by atoms with E-state index in [1.807, 2.05) is 0 Å². The molecule has 0 unspecified atom stereocenters. The number of sulfone groups is 2. The van der Waals surface area contributed by atoms with Crippen molar-refractivity contribution in [2.24, 2.45) is 0 Å². The maximum absolute atomic E-state index is 12.5. The second-order valence-electron chi connectivity index (χ2n) is 8.22. The number of hydrogen-bond donors (Lipinski definition) is 2. The number of methoxy groups -OCH3 is 3. The summed E-state index contributed by atoms with van der Waals surface area (Å²) in [6.07, 6.45) is -1.46. The largest absolute Gasteiger partial charge is 0.511 e. The zero-order valence-corrected chi connectivity index (χ0v) is 29.3. The third kappa shape index (κ3) is 11.4. The molecule has 4 aromatic carbocycles. The third-order valence-electron chi connectivity index (χ3n) is 5.56. The predicted molar refractivity (Wildman–Crippen MR) is 159 cm³/mol. The molecule has 4 rings (SSSR count). The molecule has 2 N–H and O–H groups in total. The summed E-state index contributed by atoms with van der Waals surface area (Å²) >= 11 is 0. The number of aliphatic hydroxyl groups is 1. The Morgan fingerprint density at radius 3 is 1.11 bits per heavy atom. The molecule has 1 radical (unpaired) electrons. The van der Waals surface area contributed by atoms with E-state index < -0.39 is 25.8 Å². The van der Waals surface area contributed by atoms with Gasteiger partial charge in [0.05, 0.1) is 33.8 Å². The minimum absolute atomic E-state index is 0. The molecule has 0 heterocycles. The van der Waals surface area contributed by atoms with E-state index in [1.165, 1.54) is 82.0 Å². The molecule has 12 nitrogen and oxygen atoms in total. The van der Waals surface area contributed by atoms with Crippen molar-refractivity contribution in [1.29, 1.82) is 0 Å². The van der Waals surface area contributed by atoms with Crippen LogP contribution in [0.4, 0.5) is 4.79 Å². The zero-order chi connectivity index (χ0) is 32.8. The Morgan fingerprint density at radius 1 is 0.556 bits per heavy atom. The summed E-state index contributed by atoms with van der Waals surface area (Å²) in [5.41, 5.74) is 0. The minimum Gasteiger partial charge on any atom is -0.497 e. The summed E-state index contributed by atoms with van der Waals surface area (Å²) in [5, 5.41) is 15.5. The molecule has 0 amide bonds. The average molecular weight is 738 g/mol. The summed E-state index contributed by atoms with van der Waals surface area (Å²) in [7, 11) is -1.67. The zero-order valence-electron chi connectivity index (χ0n) is 24.8. The fourth-order valence-corrected chi connectivity index (χ4v) is 5.93. The number of aliphatic hydroxyl groups excluding tert-OH is 1. The number of rotatable bonds is 10. The number of ether oxygens (including phenoxy) is 5. The maximum Gasteiger partial charge on any atom is 0.511 e. The summed E-state index contributed by atoms with van der Waals surface area (Å²) in [6, 6.07) is 23.6. The first-order valence-corrected chi connectivity index (χ1v) is 15.4. The van der Waals surface area contributed by atoms with Gasteiger partial charge in [0, 0.05) is 46.9 Å². The Morgan fingerprint density at radius 2 is 0.844 bits per heavy atom. The summed E-state index contributed by atoms with van der Waals surface area (Å²) in [4.78, 5) is 11.0. The van der Waals surface area contributed by atoms with Gasteiger partial charge in [-0.1, -0.05) is 0 Å². The number of benzene rings is 4. The van der Waals surface area contributed by atoms with Crippen molar-refractivity contribution in [1.82, 2.24) is 0 Å². The fraction of sp³-hybridized carbons (Fsp3) is 0.167. The van der Waals surface area contributed by atoms with Gasteiger partial charge >= 0.3 is 6.16 Å². The molecule has 0 bridgehead atoms. The Bertz CT molecular complexity index is 1670. The van der Waals surface area contributed by atoms with E-state index in [0.29, 0.717) is 17.2 Å². The van der Waals surface area contributed by atoms with Crippen molar-refractivity contribution >= 4 is 25.8 Å². The molecule has 45 heavy (non-hydrogen) atoms. The van der Waals surface area contributed by atoms with Crippen LogP contribution >= 0.6 is 0 Å². The third-order valence-corrected chi connectivity index (χ3v) is 9.13. The number of hydrogen-bond acceptors (Lipinski definition) is 11. The van der Waals surface area contributed by atoms with Crippen LogP contribution in [0.2, 0.25) is 0 Å². The fourth-order valence-electron chi connectivity index (χ4n) is 3.41. The first kappa shape index (κ1) is 39.5. The van der Waals surface area contributed by atoms with Gasteiger partial charge in [-0.3, -0.25) is 0 Å². The Balaban J connectivity index is 0.000000418. The molecule has 239 valence electrons. The average Bonchev–Trinajstić information content (AvgIpc) is 3.05. The first-order chi connectivity index (χ1) is 21.0. The smallest absolute Gasteiger partial charge is 0.497 e. The Kier molecular flexibility index (Phi) is 16.8. The van der Waals surface area contributed by atoms with Crippen LogP contribution < -0.4 is 18.9 Å². The minimum atomic E-state index is -3.67. The van der Waals surface area contributed by atoms with E-state index in [0.717, 1.165) is 7.11 Å². The predicted octanol–water partition coefficient (Wildman–Crippen LogP) is 4.70. The first-order valence-electron chi connectivity index (χ1n) is 12.5. The molecule has 0 fully saturated rings. The molecule has 15 heteroatoms. The van der Waals surface area contributed by atoms with Crippen molar-refractivity contribution in [3.05, 3.63) is 97.1 Å². The molecule has 0 atom stereocenters. The van der Waals surface area contributed by atoms with Gasteiger partial charge in [0.15, 0.2) is 6.79 Å². The van der Waals surface area contributed by atoms with Crippen LogP contribution in [0.5, 0.6) is 23.0 Å². The molecule has 0 saturated heterocycles. The molecule has 0 aliphatic heterocycles. The Labute approximate surface area is 287 Å². The second kappa shape index (κ2) is 19.1. The second-order valence-corrected chi connectivity index (χ2v) is 12.1. The van der Waals surface area contributed by atoms with Gasteiger partial charge in [0.25, 0.3) is 0 Å². The topological polar surface area (TPSA) is 172 Å². The quantitative estimate of drug-likeness (QED) is 0.131. The van der Waals surface area contributed by atoms with Crippen molar-refractivity contribution < 1.29 is 88.2 Å². The molecular weight excluding hydrogens is 705 g/mol. The van der Waals surface area contributed by atoms with Crippen molar-refractivity contribution in [2.45, 2.75) is 19.6 Å². The summed E-state index contributed by atoms with van der Waals surface area (Å²) in [5.74, 6) is 1.76. The molecule has 0 saturated carbocycles. The van der Waals surface area contributed by atoms with Gasteiger partial charge in [0.2, 0.25) is 19.7 Å². The van der Waals surface area contributed by atoms with Crippen molar-refractivity contribution in [3.63, 3.8) is 0 Å². The molecular formula is C30H32O12S2Y. The van der Waals surface area contributed by atoms with Crippen LogP contribution in [0.15, 0.2) is 117 Å². The van der Waals surface area contributed by atoms with Gasteiger partial charge in [-0.05, 0) is 97.1 Å². The van der Waals surface area contributed by atoms with E-state index in [1.54, 1.807) is 36.4 Å². The molecule has 0 aromatic heterocycles. The SMILES string of the molecule is CO.COCOc1ccc(S(=O)(=O)c2ccc(OC)cc2)cc1.COc1ccc(S(=O)(=O)c2ccc(OC(=O)O)cc2)cc1.[Y]. The number of carbonyl (C=O) groups is 1. The van der Waals surface area contributed by atoms with Crippen LogP contribution in [0.1, 0.15) is 0 Å². The van der Waals surface area contributed by atoms with Crippen LogP contribution in [0.25, 0.3) is 0 Å². The van der Waals surface area contributed by atoms with Crippen LogP contribution in [0, 0.1) is 0 Å². The van der Waals surface area contributed by atoms with Gasteiger partial charge in [-0.2, -0.15) is 0 Å². The standard InChI is InChI=1S/C15H16O5S.C14H12O6S.CH4O.Y/c1-18-11-20-13-5-9-15(10-6-13)21(16,17)14-7-3-12(19-2)4-8-14;1-19-10-2-6-12(7-3-10)21(17,18)13-8-4-11(5-9-13)20-14(15)16;1-2;/h3-10H,11H2,1-2H3;2-9H,1H3,(H,15,16);2H,1H3;. The maximum atomic E-state index is 12.5. The summed E-state index contributed by atoms with van der Waals surface area (Å²) < 4.78 is 74.1. The van der Waals surface area contributed by atoms with E-state index in [2.05, 4.69) is 4.74 Å². The van der Waals surface area contributed by atoms with Gasteiger partial charge in [-0.25, -0.2) is 21.6 Å². The van der Waals surface area contributed by atoms with Crippen molar-refractivity contribution in [3.8, 4) is 23.0 Å². The van der Waals surface area contributed by atoms with E-state index in [-0.39, 0.29) is 64.8 Å². The molecule has 4 aromatic rings. The van der Waals surface area contributed by atoms with Crippen LogP contribution in [-0.2, 0) is 57.1 Å². The Hall–Kier alpha value is -3.53. The van der Waals surface area contributed by atoms with E-state index >= 15 is 0 Å².